The molecule has 1 aliphatic carbocycles. The molecular formula is C21H32N4O2S. The summed E-state index contributed by atoms with van der Waals surface area (Å²) in [6.45, 7) is 9.17. The van der Waals surface area contributed by atoms with Gasteiger partial charge in [0.25, 0.3) is 0 Å². The highest BCUT2D eigenvalue weighted by Crippen LogP contribution is 2.32. The Balaban J connectivity index is 1.24. The van der Waals surface area contributed by atoms with Gasteiger partial charge in [-0.2, -0.15) is 0 Å². The van der Waals surface area contributed by atoms with E-state index in [1.54, 1.807) is 0 Å². The monoisotopic (exact) mass is 404 g/mol. The smallest absolute Gasteiger partial charge is 0.229 e. The summed E-state index contributed by atoms with van der Waals surface area (Å²) in [5, 5.41) is 5.78. The average Bonchev–Trinajstić information content (AvgIpc) is 3.42. The quantitative estimate of drug-likeness (QED) is 0.818. The number of hydrogen-bond acceptors (Lipinski definition) is 5. The number of rotatable bonds is 5. The zero-order valence-corrected chi connectivity index (χ0v) is 17.8. The van der Waals surface area contributed by atoms with Gasteiger partial charge in [0.2, 0.25) is 11.8 Å². The molecule has 154 valence electrons. The molecule has 2 aliphatic heterocycles. The molecule has 1 N–H and O–H groups in total. The van der Waals surface area contributed by atoms with Gasteiger partial charge in [-0.3, -0.25) is 14.5 Å². The summed E-state index contributed by atoms with van der Waals surface area (Å²) in [6, 6.07) is 0. The van der Waals surface area contributed by atoms with Crippen molar-refractivity contribution in [2.75, 3.05) is 31.5 Å². The minimum absolute atomic E-state index is 0.0144. The Kier molecular flexibility index (Phi) is 6.01. The van der Waals surface area contributed by atoms with E-state index in [1.165, 1.54) is 17.8 Å². The summed E-state index contributed by atoms with van der Waals surface area (Å²) in [6.07, 6.45) is 4.90. The normalized spacial score (nSPS) is 27.0. The van der Waals surface area contributed by atoms with Gasteiger partial charge in [-0.1, -0.05) is 13.8 Å². The van der Waals surface area contributed by atoms with E-state index in [-0.39, 0.29) is 17.7 Å². The number of nitrogens with one attached hydrogen (secondary N) is 1. The summed E-state index contributed by atoms with van der Waals surface area (Å²) in [4.78, 5) is 33.8. The van der Waals surface area contributed by atoms with Gasteiger partial charge in [-0.25, -0.2) is 4.98 Å². The van der Waals surface area contributed by atoms with Gasteiger partial charge < -0.3 is 10.2 Å². The molecule has 3 aliphatic rings. The number of likely N-dealkylation sites (tertiary alicyclic amines) is 2. The van der Waals surface area contributed by atoms with Crippen molar-refractivity contribution in [3.63, 3.8) is 0 Å². The minimum Gasteiger partial charge on any atom is -0.342 e. The van der Waals surface area contributed by atoms with Crippen LogP contribution >= 0.6 is 11.3 Å². The first kappa shape index (κ1) is 19.8. The third-order valence-electron chi connectivity index (χ3n) is 6.22. The van der Waals surface area contributed by atoms with Crippen LogP contribution in [0.1, 0.15) is 51.6 Å². The van der Waals surface area contributed by atoms with Crippen molar-refractivity contribution < 1.29 is 9.59 Å². The standard InChI is InChI=1S/C21H32N4O2S/c1-14-9-15(2)11-24(10-14)12-18-13-28-21(22-18)23-19(26)16-5-7-25(8-6-16)20(27)17-3-4-17/h13-17H,3-12H2,1-2H3,(H,22,23,26)/t14-,15+. The minimum atomic E-state index is -0.0144. The number of thiazole rings is 1. The van der Waals surface area contributed by atoms with Crippen molar-refractivity contribution in [3.05, 3.63) is 11.1 Å². The Hall–Kier alpha value is -1.47. The maximum atomic E-state index is 12.6. The Morgan fingerprint density at radius 3 is 2.43 bits per heavy atom. The van der Waals surface area contributed by atoms with Crippen molar-refractivity contribution in [3.8, 4) is 0 Å². The Morgan fingerprint density at radius 1 is 1.11 bits per heavy atom. The average molecular weight is 405 g/mol. The van der Waals surface area contributed by atoms with Crippen LogP contribution in [0.5, 0.6) is 0 Å². The molecule has 1 saturated carbocycles. The molecule has 4 rings (SSSR count). The predicted molar refractivity (Wildman–Crippen MR) is 111 cm³/mol. The van der Waals surface area contributed by atoms with E-state index < -0.39 is 0 Å². The lowest BCUT2D eigenvalue weighted by molar-refractivity contribution is -0.135. The molecule has 2 atom stereocenters. The topological polar surface area (TPSA) is 65.5 Å². The lowest BCUT2D eigenvalue weighted by Gasteiger charge is -2.34. The van der Waals surface area contributed by atoms with Gasteiger partial charge >= 0.3 is 0 Å². The number of aromatic nitrogens is 1. The highest BCUT2D eigenvalue weighted by molar-refractivity contribution is 7.13. The molecule has 1 aromatic heterocycles. The Bertz CT molecular complexity index is 699. The third kappa shape index (κ3) is 4.92. The third-order valence-corrected chi connectivity index (χ3v) is 7.02. The Morgan fingerprint density at radius 2 is 1.79 bits per heavy atom. The highest BCUT2D eigenvalue weighted by Gasteiger charge is 2.36. The van der Waals surface area contributed by atoms with Crippen molar-refractivity contribution in [2.24, 2.45) is 23.7 Å². The Labute approximate surface area is 171 Å². The van der Waals surface area contributed by atoms with Gasteiger partial charge in [-0.05, 0) is 43.9 Å². The summed E-state index contributed by atoms with van der Waals surface area (Å²) in [7, 11) is 0. The van der Waals surface area contributed by atoms with Crippen LogP contribution in [-0.4, -0.2) is 52.8 Å². The van der Waals surface area contributed by atoms with E-state index in [1.807, 2.05) is 4.90 Å². The second kappa shape index (κ2) is 8.49. The highest BCUT2D eigenvalue weighted by atomic mass is 32.1. The second-order valence-corrected chi connectivity index (χ2v) is 10.0. The number of carbonyl (C=O) groups excluding carboxylic acids is 2. The van der Waals surface area contributed by atoms with Gasteiger partial charge in [0, 0.05) is 49.9 Å². The largest absolute Gasteiger partial charge is 0.342 e. The molecule has 6 nitrogen and oxygen atoms in total. The first-order valence-corrected chi connectivity index (χ1v) is 11.6. The zero-order valence-electron chi connectivity index (χ0n) is 17.0. The fourth-order valence-corrected chi connectivity index (χ4v) is 5.45. The molecule has 0 bridgehead atoms. The van der Waals surface area contributed by atoms with E-state index in [2.05, 4.69) is 34.4 Å². The summed E-state index contributed by atoms with van der Waals surface area (Å²) >= 11 is 1.52. The van der Waals surface area contributed by atoms with Gasteiger partial charge in [0.15, 0.2) is 5.13 Å². The molecule has 1 aromatic rings. The lowest BCUT2D eigenvalue weighted by Crippen LogP contribution is -2.42. The number of amides is 2. The number of hydrogen-bond donors (Lipinski definition) is 1. The van der Waals surface area contributed by atoms with Crippen molar-refractivity contribution in [1.29, 1.82) is 0 Å². The summed E-state index contributed by atoms with van der Waals surface area (Å²) in [5.41, 5.74) is 1.05. The second-order valence-electron chi connectivity index (χ2n) is 9.15. The predicted octanol–water partition coefficient (Wildman–Crippen LogP) is 3.21. The SMILES string of the molecule is C[C@@H]1C[C@H](C)CN(Cc2csc(NC(=O)C3CCN(C(=O)C4CC4)CC3)n2)C1. The number of piperidine rings is 2. The van der Waals surface area contributed by atoms with E-state index in [9.17, 15) is 9.59 Å². The lowest BCUT2D eigenvalue weighted by atomic mass is 9.92. The fourth-order valence-electron chi connectivity index (χ4n) is 4.75. The molecule has 0 spiro atoms. The molecule has 3 fully saturated rings. The van der Waals surface area contributed by atoms with Crippen LogP contribution in [0, 0.1) is 23.7 Å². The molecule has 7 heteroatoms. The van der Waals surface area contributed by atoms with E-state index in [0.29, 0.717) is 24.1 Å². The summed E-state index contributed by atoms with van der Waals surface area (Å²) in [5.74, 6) is 2.08. The molecule has 0 aromatic carbocycles. The first-order chi connectivity index (χ1) is 13.5. The number of carbonyl (C=O) groups is 2. The first-order valence-electron chi connectivity index (χ1n) is 10.7. The van der Waals surface area contributed by atoms with Crippen LogP contribution in [0.15, 0.2) is 5.38 Å². The van der Waals surface area contributed by atoms with Crippen LogP contribution in [0.4, 0.5) is 5.13 Å². The zero-order chi connectivity index (χ0) is 19.7. The molecule has 28 heavy (non-hydrogen) atoms. The number of anilines is 1. The van der Waals surface area contributed by atoms with Gasteiger partial charge in [0.1, 0.15) is 0 Å². The van der Waals surface area contributed by atoms with E-state index >= 15 is 0 Å². The van der Waals surface area contributed by atoms with Crippen LogP contribution in [0.3, 0.4) is 0 Å². The van der Waals surface area contributed by atoms with Crippen LogP contribution < -0.4 is 5.32 Å². The molecule has 2 saturated heterocycles. The maximum absolute atomic E-state index is 12.6. The molecule has 3 heterocycles. The summed E-state index contributed by atoms with van der Waals surface area (Å²) < 4.78 is 0. The van der Waals surface area contributed by atoms with Crippen LogP contribution in [-0.2, 0) is 16.1 Å². The van der Waals surface area contributed by atoms with E-state index in [4.69, 9.17) is 0 Å². The van der Waals surface area contributed by atoms with Crippen molar-refractivity contribution in [1.82, 2.24) is 14.8 Å². The molecule has 0 radical (unpaired) electrons. The van der Waals surface area contributed by atoms with Crippen LogP contribution in [0.2, 0.25) is 0 Å². The molecule has 0 unspecified atom stereocenters. The van der Waals surface area contributed by atoms with Crippen molar-refractivity contribution in [2.45, 2.75) is 52.5 Å². The molecule has 2 amide bonds. The van der Waals surface area contributed by atoms with Crippen LogP contribution in [0.25, 0.3) is 0 Å². The molecular weight excluding hydrogens is 372 g/mol. The van der Waals surface area contributed by atoms with Gasteiger partial charge in [-0.15, -0.1) is 11.3 Å². The van der Waals surface area contributed by atoms with E-state index in [0.717, 1.165) is 62.8 Å². The van der Waals surface area contributed by atoms with Crippen molar-refractivity contribution >= 4 is 28.3 Å². The number of nitrogens with zero attached hydrogens (tertiary/aromatic N) is 3. The van der Waals surface area contributed by atoms with Gasteiger partial charge in [0.05, 0.1) is 5.69 Å². The maximum Gasteiger partial charge on any atom is 0.229 e. The fraction of sp³-hybridized carbons (Fsp3) is 0.762.